The molecule has 0 fully saturated rings. The van der Waals surface area contributed by atoms with Crippen LogP contribution >= 0.6 is 11.6 Å². The van der Waals surface area contributed by atoms with E-state index in [9.17, 15) is 13.2 Å². The van der Waals surface area contributed by atoms with Crippen molar-refractivity contribution in [2.24, 2.45) is 0 Å². The predicted octanol–water partition coefficient (Wildman–Crippen LogP) is 4.43. The lowest BCUT2D eigenvalue weighted by atomic mass is 10.1. The second-order valence-electron chi connectivity index (χ2n) is 6.93. The number of sulfonamides is 1. The van der Waals surface area contributed by atoms with Crippen LogP contribution < -0.4 is 14.8 Å². The molecule has 0 saturated heterocycles. The Balaban J connectivity index is 1.84. The zero-order chi connectivity index (χ0) is 23.3. The summed E-state index contributed by atoms with van der Waals surface area (Å²) in [6.45, 7) is 0.00835. The van der Waals surface area contributed by atoms with E-state index < -0.39 is 10.0 Å². The number of benzene rings is 3. The Kier molecular flexibility index (Phi) is 7.40. The van der Waals surface area contributed by atoms with Gasteiger partial charge in [0.1, 0.15) is 11.5 Å². The molecule has 1 N–H and O–H groups in total. The molecule has 32 heavy (non-hydrogen) atoms. The number of carbonyl (C=O) groups excluding carboxylic acids is 1. The van der Waals surface area contributed by atoms with Gasteiger partial charge in [0.15, 0.2) is 0 Å². The highest BCUT2D eigenvalue weighted by atomic mass is 35.5. The van der Waals surface area contributed by atoms with Crippen molar-refractivity contribution in [1.29, 1.82) is 0 Å². The van der Waals surface area contributed by atoms with Crippen LogP contribution in [0.2, 0.25) is 5.02 Å². The fraction of sp³-hybridized carbons (Fsp3) is 0.174. The van der Waals surface area contributed by atoms with E-state index in [2.05, 4.69) is 5.32 Å². The molecule has 0 atom stereocenters. The smallest absolute Gasteiger partial charge is 0.255 e. The van der Waals surface area contributed by atoms with Gasteiger partial charge in [-0.15, -0.1) is 0 Å². The number of amides is 1. The highest BCUT2D eigenvalue weighted by Crippen LogP contribution is 2.26. The van der Waals surface area contributed by atoms with Crippen molar-refractivity contribution in [3.05, 3.63) is 82.9 Å². The van der Waals surface area contributed by atoms with Gasteiger partial charge < -0.3 is 14.8 Å². The molecule has 0 saturated carbocycles. The fourth-order valence-corrected chi connectivity index (χ4v) is 4.33. The maximum absolute atomic E-state index is 12.9. The highest BCUT2D eigenvalue weighted by molar-refractivity contribution is 7.89. The average molecular weight is 475 g/mol. The topological polar surface area (TPSA) is 84.9 Å². The molecule has 0 aliphatic heterocycles. The number of hydrogen-bond donors (Lipinski definition) is 1. The summed E-state index contributed by atoms with van der Waals surface area (Å²) in [6, 6.07) is 17.8. The molecule has 3 rings (SSSR count). The molecular weight excluding hydrogens is 452 g/mol. The van der Waals surface area contributed by atoms with Crippen molar-refractivity contribution < 1.29 is 22.7 Å². The number of anilines is 1. The zero-order valence-electron chi connectivity index (χ0n) is 17.8. The minimum atomic E-state index is -3.76. The Morgan fingerprint density at radius 3 is 2.38 bits per heavy atom. The number of nitrogens with zero attached hydrogens (tertiary/aromatic N) is 1. The van der Waals surface area contributed by atoms with Gasteiger partial charge in [-0.25, -0.2) is 8.42 Å². The van der Waals surface area contributed by atoms with Gasteiger partial charge in [-0.2, -0.15) is 4.31 Å². The van der Waals surface area contributed by atoms with Gasteiger partial charge in [-0.05, 0) is 54.6 Å². The first-order valence-electron chi connectivity index (χ1n) is 9.59. The number of carbonyl (C=O) groups is 1. The second kappa shape index (κ2) is 10.0. The normalized spacial score (nSPS) is 11.3. The van der Waals surface area contributed by atoms with E-state index in [0.717, 1.165) is 0 Å². The van der Waals surface area contributed by atoms with E-state index in [1.54, 1.807) is 49.6 Å². The van der Waals surface area contributed by atoms with Crippen LogP contribution in [0.1, 0.15) is 15.9 Å². The molecule has 0 heterocycles. The van der Waals surface area contributed by atoms with E-state index in [1.165, 1.54) is 42.7 Å². The quantitative estimate of drug-likeness (QED) is 0.522. The third-order valence-corrected chi connectivity index (χ3v) is 6.85. The monoisotopic (exact) mass is 474 g/mol. The Labute approximate surface area is 192 Å². The minimum absolute atomic E-state index is 0.00835. The summed E-state index contributed by atoms with van der Waals surface area (Å²) < 4.78 is 37.6. The molecule has 0 radical (unpaired) electrons. The molecule has 7 nitrogen and oxygen atoms in total. The zero-order valence-corrected chi connectivity index (χ0v) is 19.4. The van der Waals surface area contributed by atoms with Crippen molar-refractivity contribution in [1.82, 2.24) is 4.31 Å². The summed E-state index contributed by atoms with van der Waals surface area (Å²) in [7, 11) is 0.737. The Bertz CT molecular complexity index is 1210. The standard InChI is InChI=1S/C23H23ClN2O5S/c1-26(32(28,29)21-10-8-18(24)9-11-21)15-17-13-16(7-12-22(17)31-3)23(27)25-19-5-4-6-20(14-19)30-2/h4-14H,15H2,1-3H3,(H,25,27). The molecule has 0 aliphatic carbocycles. The molecule has 0 unspecified atom stereocenters. The second-order valence-corrected chi connectivity index (χ2v) is 9.41. The third kappa shape index (κ3) is 5.40. The number of nitrogens with one attached hydrogen (secondary N) is 1. The van der Waals surface area contributed by atoms with Crippen LogP contribution in [-0.2, 0) is 16.6 Å². The summed E-state index contributed by atoms with van der Waals surface area (Å²) in [5.41, 5.74) is 1.49. The minimum Gasteiger partial charge on any atom is -0.497 e. The van der Waals surface area contributed by atoms with E-state index in [-0.39, 0.29) is 17.3 Å². The number of ether oxygens (including phenoxy) is 2. The van der Waals surface area contributed by atoms with Gasteiger partial charge in [-0.3, -0.25) is 4.79 Å². The van der Waals surface area contributed by atoms with Crippen LogP contribution in [0.25, 0.3) is 0 Å². The first-order valence-corrected chi connectivity index (χ1v) is 11.4. The summed E-state index contributed by atoms with van der Waals surface area (Å²) in [5, 5.41) is 3.26. The van der Waals surface area contributed by atoms with Gasteiger partial charge in [0.05, 0.1) is 19.1 Å². The molecule has 0 bridgehead atoms. The SMILES string of the molecule is COc1cccc(NC(=O)c2ccc(OC)c(CN(C)S(=O)(=O)c3ccc(Cl)cc3)c2)c1. The molecule has 3 aromatic rings. The number of rotatable bonds is 8. The third-order valence-electron chi connectivity index (χ3n) is 4.79. The molecule has 3 aromatic carbocycles. The molecule has 0 aromatic heterocycles. The lowest BCUT2D eigenvalue weighted by molar-refractivity contribution is 0.102. The largest absolute Gasteiger partial charge is 0.497 e. The number of hydrogen-bond acceptors (Lipinski definition) is 5. The van der Waals surface area contributed by atoms with E-state index in [1.807, 2.05) is 0 Å². The van der Waals surface area contributed by atoms with Crippen LogP contribution in [0.3, 0.4) is 0 Å². The first-order chi connectivity index (χ1) is 15.2. The van der Waals surface area contributed by atoms with Gasteiger partial charge in [0, 0.05) is 41.5 Å². The number of methoxy groups -OCH3 is 2. The van der Waals surface area contributed by atoms with Crippen molar-refractivity contribution in [2.75, 3.05) is 26.6 Å². The summed E-state index contributed by atoms with van der Waals surface area (Å²) in [4.78, 5) is 12.9. The molecule has 1 amide bonds. The van der Waals surface area contributed by atoms with Crippen molar-refractivity contribution >= 4 is 33.2 Å². The summed E-state index contributed by atoms with van der Waals surface area (Å²) in [6.07, 6.45) is 0. The number of halogens is 1. The van der Waals surface area contributed by atoms with Crippen LogP contribution in [-0.4, -0.2) is 39.9 Å². The van der Waals surface area contributed by atoms with Gasteiger partial charge in [-0.1, -0.05) is 17.7 Å². The maximum atomic E-state index is 12.9. The molecule has 0 aliphatic rings. The van der Waals surface area contributed by atoms with Crippen molar-refractivity contribution in [2.45, 2.75) is 11.4 Å². The Morgan fingerprint density at radius 1 is 1.00 bits per heavy atom. The van der Waals surface area contributed by atoms with Crippen LogP contribution in [0.4, 0.5) is 5.69 Å². The van der Waals surface area contributed by atoms with E-state index in [4.69, 9.17) is 21.1 Å². The van der Waals surface area contributed by atoms with E-state index >= 15 is 0 Å². The lowest BCUT2D eigenvalue weighted by Gasteiger charge is -2.19. The van der Waals surface area contributed by atoms with Gasteiger partial charge in [0.2, 0.25) is 10.0 Å². The molecule has 168 valence electrons. The Morgan fingerprint density at radius 2 is 1.72 bits per heavy atom. The average Bonchev–Trinajstić information content (AvgIpc) is 2.79. The summed E-state index contributed by atoms with van der Waals surface area (Å²) >= 11 is 5.86. The maximum Gasteiger partial charge on any atom is 0.255 e. The first kappa shape index (κ1) is 23.6. The van der Waals surface area contributed by atoms with Gasteiger partial charge in [0.25, 0.3) is 5.91 Å². The lowest BCUT2D eigenvalue weighted by Crippen LogP contribution is -2.27. The molecule has 9 heteroatoms. The predicted molar refractivity (Wildman–Crippen MR) is 124 cm³/mol. The van der Waals surface area contributed by atoms with Crippen molar-refractivity contribution in [3.63, 3.8) is 0 Å². The highest BCUT2D eigenvalue weighted by Gasteiger charge is 2.22. The Hall–Kier alpha value is -3.07. The summed E-state index contributed by atoms with van der Waals surface area (Å²) in [5.74, 6) is 0.749. The van der Waals surface area contributed by atoms with Crippen LogP contribution in [0.15, 0.2) is 71.6 Å². The fourth-order valence-electron chi connectivity index (χ4n) is 3.06. The van der Waals surface area contributed by atoms with Crippen molar-refractivity contribution in [3.8, 4) is 11.5 Å². The van der Waals surface area contributed by atoms with Crippen LogP contribution in [0, 0.1) is 0 Å². The van der Waals surface area contributed by atoms with E-state index in [0.29, 0.717) is 33.3 Å². The van der Waals surface area contributed by atoms with Crippen LogP contribution in [0.5, 0.6) is 11.5 Å². The molecular formula is C23H23ClN2O5S. The van der Waals surface area contributed by atoms with Gasteiger partial charge >= 0.3 is 0 Å². The molecule has 0 spiro atoms.